The van der Waals surface area contributed by atoms with E-state index in [1.807, 2.05) is 6.07 Å². The van der Waals surface area contributed by atoms with Gasteiger partial charge < -0.3 is 15.8 Å². The van der Waals surface area contributed by atoms with Gasteiger partial charge in [-0.15, -0.1) is 0 Å². The van der Waals surface area contributed by atoms with Crippen LogP contribution in [0, 0.1) is 0 Å². The highest BCUT2D eigenvalue weighted by Crippen LogP contribution is 2.18. The zero-order valence-corrected chi connectivity index (χ0v) is 9.50. The van der Waals surface area contributed by atoms with Crippen LogP contribution in [0.1, 0.15) is 18.5 Å². The lowest BCUT2D eigenvalue weighted by molar-refractivity contribution is -0.132. The van der Waals surface area contributed by atoms with Gasteiger partial charge in [0.25, 0.3) is 0 Å². The highest BCUT2D eigenvalue weighted by Gasteiger charge is 2.29. The SMILES string of the molecule is NCC1CCC(C(=O)NCc2cccnn2)O1. The Balaban J connectivity index is 1.78. The highest BCUT2D eigenvalue weighted by atomic mass is 16.5. The molecule has 0 saturated carbocycles. The summed E-state index contributed by atoms with van der Waals surface area (Å²) >= 11 is 0. The number of ether oxygens (including phenoxy) is 1. The molecule has 1 aliphatic heterocycles. The molecule has 6 nitrogen and oxygen atoms in total. The van der Waals surface area contributed by atoms with Crippen molar-refractivity contribution in [3.63, 3.8) is 0 Å². The lowest BCUT2D eigenvalue weighted by Crippen LogP contribution is -2.35. The number of carbonyl (C=O) groups excluding carboxylic acids is 1. The van der Waals surface area contributed by atoms with Crippen molar-refractivity contribution >= 4 is 5.91 Å². The number of rotatable bonds is 4. The molecule has 2 rings (SSSR count). The van der Waals surface area contributed by atoms with Gasteiger partial charge in [-0.2, -0.15) is 10.2 Å². The fraction of sp³-hybridized carbons (Fsp3) is 0.545. The number of aromatic nitrogens is 2. The first-order valence-electron chi connectivity index (χ1n) is 5.69. The second kappa shape index (κ2) is 5.70. The van der Waals surface area contributed by atoms with Crippen molar-refractivity contribution in [3.05, 3.63) is 24.0 Å². The van der Waals surface area contributed by atoms with Gasteiger partial charge in [-0.25, -0.2) is 0 Å². The standard InChI is InChI=1S/C11H16N4O2/c12-6-9-3-4-10(17-9)11(16)13-7-8-2-1-5-14-15-8/h1-2,5,9-10H,3-4,6-7,12H2,(H,13,16). The van der Waals surface area contributed by atoms with Crippen LogP contribution in [-0.4, -0.2) is 34.9 Å². The molecule has 1 amide bonds. The van der Waals surface area contributed by atoms with E-state index in [1.54, 1.807) is 12.3 Å². The van der Waals surface area contributed by atoms with Gasteiger partial charge in [-0.3, -0.25) is 4.79 Å². The van der Waals surface area contributed by atoms with E-state index in [0.29, 0.717) is 13.1 Å². The average Bonchev–Trinajstić information content (AvgIpc) is 2.86. The molecule has 3 N–H and O–H groups in total. The minimum Gasteiger partial charge on any atom is -0.364 e. The van der Waals surface area contributed by atoms with Crippen LogP contribution >= 0.6 is 0 Å². The monoisotopic (exact) mass is 236 g/mol. The summed E-state index contributed by atoms with van der Waals surface area (Å²) in [6.45, 7) is 0.841. The Bertz CT molecular complexity index is 371. The maximum atomic E-state index is 11.8. The third-order valence-electron chi connectivity index (χ3n) is 2.73. The van der Waals surface area contributed by atoms with Gasteiger partial charge in [0, 0.05) is 12.7 Å². The zero-order valence-electron chi connectivity index (χ0n) is 9.50. The van der Waals surface area contributed by atoms with Crippen LogP contribution in [0.15, 0.2) is 18.3 Å². The quantitative estimate of drug-likeness (QED) is 0.742. The topological polar surface area (TPSA) is 90.1 Å². The summed E-state index contributed by atoms with van der Waals surface area (Å²) in [4.78, 5) is 11.8. The molecule has 1 aromatic rings. The minimum atomic E-state index is -0.375. The molecule has 1 saturated heterocycles. The largest absolute Gasteiger partial charge is 0.364 e. The van der Waals surface area contributed by atoms with Gasteiger partial charge in [-0.1, -0.05) is 0 Å². The maximum Gasteiger partial charge on any atom is 0.249 e. The molecule has 2 heterocycles. The summed E-state index contributed by atoms with van der Waals surface area (Å²) in [5.74, 6) is -0.105. The molecule has 1 fully saturated rings. The van der Waals surface area contributed by atoms with E-state index >= 15 is 0 Å². The first kappa shape index (κ1) is 11.9. The van der Waals surface area contributed by atoms with Crippen molar-refractivity contribution < 1.29 is 9.53 Å². The first-order chi connectivity index (χ1) is 8.29. The van der Waals surface area contributed by atoms with E-state index in [-0.39, 0.29) is 18.1 Å². The van der Waals surface area contributed by atoms with E-state index in [4.69, 9.17) is 10.5 Å². The van der Waals surface area contributed by atoms with Crippen LogP contribution in [-0.2, 0) is 16.1 Å². The zero-order chi connectivity index (χ0) is 12.1. The van der Waals surface area contributed by atoms with E-state index in [9.17, 15) is 4.79 Å². The number of hydrogen-bond donors (Lipinski definition) is 2. The molecule has 0 aliphatic carbocycles. The second-order valence-corrected chi connectivity index (χ2v) is 3.99. The first-order valence-corrected chi connectivity index (χ1v) is 5.69. The molecule has 0 bridgehead atoms. The van der Waals surface area contributed by atoms with Crippen LogP contribution in [0.4, 0.5) is 0 Å². The van der Waals surface area contributed by atoms with E-state index < -0.39 is 0 Å². The Kier molecular flexibility index (Phi) is 4.00. The summed E-state index contributed by atoms with van der Waals surface area (Å²) in [7, 11) is 0. The Labute approximate surface area is 99.6 Å². The Morgan fingerprint density at radius 2 is 2.47 bits per heavy atom. The molecule has 92 valence electrons. The Morgan fingerprint density at radius 1 is 1.59 bits per heavy atom. The van der Waals surface area contributed by atoms with Crippen molar-refractivity contribution in [2.24, 2.45) is 5.73 Å². The third kappa shape index (κ3) is 3.21. The smallest absolute Gasteiger partial charge is 0.249 e. The number of nitrogens with one attached hydrogen (secondary N) is 1. The molecule has 0 aromatic carbocycles. The fourth-order valence-corrected chi connectivity index (χ4v) is 1.79. The number of nitrogens with two attached hydrogens (primary N) is 1. The second-order valence-electron chi connectivity index (χ2n) is 3.99. The van der Waals surface area contributed by atoms with Crippen LogP contribution in [0.2, 0.25) is 0 Å². The normalized spacial score (nSPS) is 23.6. The van der Waals surface area contributed by atoms with Crippen molar-refractivity contribution in [2.75, 3.05) is 6.54 Å². The molecular formula is C11H16N4O2. The lowest BCUT2D eigenvalue weighted by Gasteiger charge is -2.12. The van der Waals surface area contributed by atoms with Gasteiger partial charge in [-0.05, 0) is 25.0 Å². The summed E-state index contributed by atoms with van der Waals surface area (Å²) in [6, 6.07) is 3.59. The number of carbonyl (C=O) groups is 1. The Morgan fingerprint density at radius 3 is 3.12 bits per heavy atom. The van der Waals surface area contributed by atoms with Gasteiger partial charge in [0.1, 0.15) is 6.10 Å². The molecule has 2 unspecified atom stereocenters. The molecule has 1 aliphatic rings. The molecule has 2 atom stereocenters. The summed E-state index contributed by atoms with van der Waals surface area (Å²) in [5, 5.41) is 10.4. The third-order valence-corrected chi connectivity index (χ3v) is 2.73. The maximum absolute atomic E-state index is 11.8. The number of amides is 1. The van der Waals surface area contributed by atoms with Crippen LogP contribution in [0.3, 0.4) is 0 Å². The van der Waals surface area contributed by atoms with Gasteiger partial charge in [0.05, 0.1) is 18.3 Å². The summed E-state index contributed by atoms with van der Waals surface area (Å²) in [6.07, 6.45) is 2.81. The molecule has 0 radical (unpaired) electrons. The molecule has 0 spiro atoms. The molecule has 6 heteroatoms. The van der Waals surface area contributed by atoms with E-state index in [2.05, 4.69) is 15.5 Å². The lowest BCUT2D eigenvalue weighted by atomic mass is 10.2. The van der Waals surface area contributed by atoms with Gasteiger partial charge in [0.15, 0.2) is 0 Å². The van der Waals surface area contributed by atoms with E-state index in [1.165, 1.54) is 0 Å². The van der Waals surface area contributed by atoms with Crippen molar-refractivity contribution in [1.29, 1.82) is 0 Å². The van der Waals surface area contributed by atoms with Crippen molar-refractivity contribution in [3.8, 4) is 0 Å². The van der Waals surface area contributed by atoms with E-state index in [0.717, 1.165) is 18.5 Å². The summed E-state index contributed by atoms with van der Waals surface area (Å²) in [5.41, 5.74) is 6.22. The molecular weight excluding hydrogens is 220 g/mol. The van der Waals surface area contributed by atoms with Crippen molar-refractivity contribution in [1.82, 2.24) is 15.5 Å². The number of nitrogens with zero attached hydrogens (tertiary/aromatic N) is 2. The Hall–Kier alpha value is -1.53. The van der Waals surface area contributed by atoms with Gasteiger partial charge >= 0.3 is 0 Å². The number of hydrogen-bond acceptors (Lipinski definition) is 5. The molecule has 1 aromatic heterocycles. The average molecular weight is 236 g/mol. The van der Waals surface area contributed by atoms with Gasteiger partial charge in [0.2, 0.25) is 5.91 Å². The van der Waals surface area contributed by atoms with Crippen molar-refractivity contribution in [2.45, 2.75) is 31.6 Å². The van der Waals surface area contributed by atoms with Crippen LogP contribution in [0.25, 0.3) is 0 Å². The van der Waals surface area contributed by atoms with Crippen LogP contribution in [0.5, 0.6) is 0 Å². The molecule has 17 heavy (non-hydrogen) atoms. The summed E-state index contributed by atoms with van der Waals surface area (Å²) < 4.78 is 5.49. The highest BCUT2D eigenvalue weighted by molar-refractivity contribution is 5.80. The predicted octanol–water partition coefficient (Wildman–Crippen LogP) is -0.401. The minimum absolute atomic E-state index is 0.0160. The fourth-order valence-electron chi connectivity index (χ4n) is 1.79. The van der Waals surface area contributed by atoms with Crippen LogP contribution < -0.4 is 11.1 Å². The predicted molar refractivity (Wildman–Crippen MR) is 60.8 cm³/mol.